The van der Waals surface area contributed by atoms with Gasteiger partial charge in [-0.3, -0.25) is 4.79 Å². The van der Waals surface area contributed by atoms with E-state index in [9.17, 15) is 28.2 Å². The van der Waals surface area contributed by atoms with Gasteiger partial charge in [0.15, 0.2) is 0 Å². The maximum atomic E-state index is 12.8. The van der Waals surface area contributed by atoms with Crippen LogP contribution in [0.2, 0.25) is 0 Å². The Morgan fingerprint density at radius 3 is 2.23 bits per heavy atom. The number of ether oxygens (including phenoxy) is 2. The van der Waals surface area contributed by atoms with Gasteiger partial charge < -0.3 is 24.6 Å². The van der Waals surface area contributed by atoms with Crippen LogP contribution in [0.5, 0.6) is 11.5 Å². The van der Waals surface area contributed by atoms with Gasteiger partial charge in [-0.25, -0.2) is 17.9 Å². The van der Waals surface area contributed by atoms with E-state index >= 15 is 0 Å². The van der Waals surface area contributed by atoms with Gasteiger partial charge in [0.2, 0.25) is 10.0 Å². The van der Waals surface area contributed by atoms with E-state index in [4.69, 9.17) is 9.47 Å². The van der Waals surface area contributed by atoms with Gasteiger partial charge in [-0.2, -0.15) is 0 Å². The first-order valence-electron chi connectivity index (χ1n) is 14.4. The number of nitrogens with zero attached hydrogens (tertiary/aromatic N) is 1. The quantitative estimate of drug-likeness (QED) is 0.237. The van der Waals surface area contributed by atoms with E-state index in [1.165, 1.54) is 0 Å². The molecule has 0 radical (unpaired) electrons. The average molecular weight is 611 g/mol. The molecule has 3 aromatic rings. The third-order valence-corrected chi connectivity index (χ3v) is 7.82. The van der Waals surface area contributed by atoms with E-state index in [1.54, 1.807) is 54.6 Å². The molecule has 11 heteroatoms. The van der Waals surface area contributed by atoms with Crippen molar-refractivity contribution >= 4 is 22.0 Å². The van der Waals surface area contributed by atoms with Crippen molar-refractivity contribution < 1.29 is 37.7 Å². The third kappa shape index (κ3) is 9.72. The predicted octanol–water partition coefficient (Wildman–Crippen LogP) is 5.24. The molecule has 1 aliphatic rings. The van der Waals surface area contributed by atoms with Crippen LogP contribution in [0.3, 0.4) is 0 Å². The summed E-state index contributed by atoms with van der Waals surface area (Å²) in [7, 11) is -3.75. The van der Waals surface area contributed by atoms with Crippen LogP contribution >= 0.6 is 0 Å². The fraction of sp³-hybridized carbons (Fsp3) is 0.375. The Morgan fingerprint density at radius 1 is 0.953 bits per heavy atom. The number of carboxylic acid groups (broad SMARTS) is 1. The number of hydrogen-bond acceptors (Lipinski definition) is 7. The molecule has 0 heterocycles. The number of benzene rings is 3. The Kier molecular flexibility index (Phi) is 11.0. The van der Waals surface area contributed by atoms with Crippen molar-refractivity contribution in [1.29, 1.82) is 0 Å². The number of carbonyl (C=O) groups is 2. The molecule has 0 saturated heterocycles. The summed E-state index contributed by atoms with van der Waals surface area (Å²) in [5, 5.41) is 20.0. The Bertz CT molecular complexity index is 1470. The van der Waals surface area contributed by atoms with Crippen LogP contribution in [0.1, 0.15) is 60.6 Å². The largest absolute Gasteiger partial charge is 0.492 e. The second kappa shape index (κ2) is 14.9. The molecule has 0 unspecified atom stereocenters. The van der Waals surface area contributed by atoms with Crippen LogP contribution in [0.15, 0.2) is 72.8 Å². The molecule has 0 spiro atoms. The molecule has 2 amide bonds. The second-order valence-corrected chi connectivity index (χ2v) is 12.4. The highest BCUT2D eigenvalue weighted by Crippen LogP contribution is 2.31. The van der Waals surface area contributed by atoms with E-state index in [-0.39, 0.29) is 31.4 Å². The topological polar surface area (TPSA) is 142 Å². The van der Waals surface area contributed by atoms with Gasteiger partial charge in [-0.05, 0) is 66.6 Å². The van der Waals surface area contributed by atoms with Crippen LogP contribution in [0, 0.1) is 0 Å². The first kappa shape index (κ1) is 31.8. The molecular formula is C32H38N2O8S. The van der Waals surface area contributed by atoms with E-state index in [0.717, 1.165) is 60.8 Å². The van der Waals surface area contributed by atoms with Crippen molar-refractivity contribution in [2.45, 2.75) is 50.7 Å². The second-order valence-electron chi connectivity index (χ2n) is 10.7. The first-order valence-corrected chi connectivity index (χ1v) is 16.2. The van der Waals surface area contributed by atoms with Crippen molar-refractivity contribution in [3.05, 3.63) is 83.9 Å². The van der Waals surface area contributed by atoms with E-state index in [1.807, 2.05) is 22.9 Å². The van der Waals surface area contributed by atoms with Crippen LogP contribution in [0.4, 0.5) is 4.79 Å². The van der Waals surface area contributed by atoms with Gasteiger partial charge in [0, 0.05) is 0 Å². The molecule has 0 aliphatic heterocycles. The zero-order chi connectivity index (χ0) is 30.8. The summed E-state index contributed by atoms with van der Waals surface area (Å²) < 4.78 is 37.5. The number of nitrogens with one attached hydrogen (secondary N) is 1. The maximum Gasteiger partial charge on any atom is 0.407 e. The summed E-state index contributed by atoms with van der Waals surface area (Å²) >= 11 is 0. The Hall–Kier alpha value is -4.09. The van der Waals surface area contributed by atoms with Crippen molar-refractivity contribution in [3.63, 3.8) is 0 Å². The Labute approximate surface area is 252 Å². The van der Waals surface area contributed by atoms with Crippen LogP contribution in [0.25, 0.3) is 11.1 Å². The molecule has 4 rings (SSSR count). The van der Waals surface area contributed by atoms with Gasteiger partial charge in [-0.1, -0.05) is 61.4 Å². The summed E-state index contributed by atoms with van der Waals surface area (Å²) in [6.07, 6.45) is 4.87. The van der Waals surface area contributed by atoms with Gasteiger partial charge >= 0.3 is 6.09 Å². The smallest absolute Gasteiger partial charge is 0.407 e. The lowest BCUT2D eigenvalue weighted by molar-refractivity contribution is 0.0894. The van der Waals surface area contributed by atoms with Crippen LogP contribution in [-0.4, -0.2) is 67.6 Å². The van der Waals surface area contributed by atoms with Gasteiger partial charge in [0.1, 0.15) is 18.1 Å². The molecular weight excluding hydrogens is 572 g/mol. The average Bonchev–Trinajstić information content (AvgIpc) is 3.25. The van der Waals surface area contributed by atoms with Gasteiger partial charge in [0.25, 0.3) is 5.91 Å². The Balaban J connectivity index is 1.43. The molecule has 1 aliphatic carbocycles. The highest BCUT2D eigenvalue weighted by molar-refractivity contribution is 7.89. The zero-order valence-electron chi connectivity index (χ0n) is 24.1. The molecule has 1 saturated carbocycles. The summed E-state index contributed by atoms with van der Waals surface area (Å²) in [5.41, 5.74) is 2.39. The van der Waals surface area contributed by atoms with Gasteiger partial charge in [-0.15, -0.1) is 0 Å². The molecule has 1 atom stereocenters. The fourth-order valence-corrected chi connectivity index (χ4v) is 5.47. The molecule has 1 fully saturated rings. The van der Waals surface area contributed by atoms with Crippen LogP contribution < -0.4 is 14.2 Å². The number of amides is 2. The molecule has 43 heavy (non-hydrogen) atoms. The molecule has 0 aromatic heterocycles. The molecule has 230 valence electrons. The standard InChI is InChI=1S/C32H38N2O8S/c1-43(39,40)33-31(36)28-18-15-25(21-30(28)42-27-11-7-2-3-8-12-27)23-13-16-26(17-14-23)41-20-19-34(32(37)38)22-29(35)24-9-5-4-6-10-24/h4-6,9-10,13-18,21,27,29,35H,2-3,7-8,11-12,19-20,22H2,1H3,(H,33,36)(H,37,38)/t29-/m0/s1. The van der Waals surface area contributed by atoms with Gasteiger partial charge in [0.05, 0.1) is 37.1 Å². The number of hydrogen-bond donors (Lipinski definition) is 3. The SMILES string of the molecule is CS(=O)(=O)NC(=O)c1ccc(-c2ccc(OCCN(C[C@H](O)c3ccccc3)C(=O)O)cc2)cc1OC1CCCCCC1. The zero-order valence-corrected chi connectivity index (χ0v) is 25.0. The lowest BCUT2D eigenvalue weighted by Gasteiger charge is -2.22. The fourth-order valence-electron chi connectivity index (χ4n) is 5.02. The number of carbonyl (C=O) groups excluding carboxylic acids is 1. The Morgan fingerprint density at radius 2 is 1.60 bits per heavy atom. The highest BCUT2D eigenvalue weighted by Gasteiger charge is 2.22. The highest BCUT2D eigenvalue weighted by atomic mass is 32.2. The van der Waals surface area contributed by atoms with Crippen molar-refractivity contribution in [1.82, 2.24) is 9.62 Å². The minimum atomic E-state index is -3.75. The third-order valence-electron chi connectivity index (χ3n) is 7.27. The molecule has 0 bridgehead atoms. The van der Waals surface area contributed by atoms with Crippen molar-refractivity contribution in [2.24, 2.45) is 0 Å². The summed E-state index contributed by atoms with van der Waals surface area (Å²) in [6.45, 7) is 0.0850. The van der Waals surface area contributed by atoms with E-state index in [2.05, 4.69) is 0 Å². The number of rotatable bonds is 12. The number of sulfonamides is 1. The monoisotopic (exact) mass is 610 g/mol. The lowest BCUT2D eigenvalue weighted by atomic mass is 10.0. The maximum absolute atomic E-state index is 12.8. The summed E-state index contributed by atoms with van der Waals surface area (Å²) in [5.74, 6) is 0.127. The van der Waals surface area contributed by atoms with E-state index in [0.29, 0.717) is 17.1 Å². The predicted molar refractivity (Wildman–Crippen MR) is 163 cm³/mol. The number of aliphatic hydroxyl groups is 1. The number of aliphatic hydroxyl groups excluding tert-OH is 1. The summed E-state index contributed by atoms with van der Waals surface area (Å²) in [6, 6.07) is 21.1. The minimum Gasteiger partial charge on any atom is -0.492 e. The van der Waals surface area contributed by atoms with E-state index < -0.39 is 28.1 Å². The summed E-state index contributed by atoms with van der Waals surface area (Å²) in [4.78, 5) is 25.6. The first-order chi connectivity index (χ1) is 20.6. The molecule has 10 nitrogen and oxygen atoms in total. The van der Waals surface area contributed by atoms with Crippen LogP contribution in [-0.2, 0) is 10.0 Å². The normalized spacial score (nSPS) is 14.7. The molecule has 3 aromatic carbocycles. The minimum absolute atomic E-state index is 0.0579. The van der Waals surface area contributed by atoms with Crippen molar-refractivity contribution in [3.8, 4) is 22.6 Å². The lowest BCUT2D eigenvalue weighted by Crippen LogP contribution is -2.36. The van der Waals surface area contributed by atoms with Crippen molar-refractivity contribution in [2.75, 3.05) is 26.0 Å². The molecule has 3 N–H and O–H groups in total.